The van der Waals surface area contributed by atoms with E-state index in [1.807, 2.05) is 50.2 Å². The van der Waals surface area contributed by atoms with Crippen LogP contribution in [0, 0.1) is 6.92 Å². The van der Waals surface area contributed by atoms with Gasteiger partial charge in [-0.2, -0.15) is 0 Å². The number of nitrogens with zero attached hydrogens (tertiary/aromatic N) is 2. The number of furan rings is 1. The van der Waals surface area contributed by atoms with Crippen LogP contribution < -0.4 is 10.6 Å². The smallest absolute Gasteiger partial charge is 0.315 e. The SMILES string of the molecule is Cc1ccc(CNC(=O)NC[C@H](c2ccco2)N(C)C)cn1. The van der Waals surface area contributed by atoms with Crippen LogP contribution in [0.5, 0.6) is 0 Å². The Bertz CT molecular complexity index is 579. The quantitative estimate of drug-likeness (QED) is 0.857. The highest BCUT2D eigenvalue weighted by atomic mass is 16.3. The molecule has 6 heteroatoms. The van der Waals surface area contributed by atoms with Crippen molar-refractivity contribution in [3.05, 3.63) is 53.7 Å². The fourth-order valence-electron chi connectivity index (χ4n) is 2.06. The lowest BCUT2D eigenvalue weighted by molar-refractivity contribution is 0.225. The van der Waals surface area contributed by atoms with Gasteiger partial charge in [0.05, 0.1) is 12.3 Å². The third kappa shape index (κ3) is 4.60. The van der Waals surface area contributed by atoms with Crippen molar-refractivity contribution in [2.24, 2.45) is 0 Å². The molecule has 2 heterocycles. The van der Waals surface area contributed by atoms with E-state index >= 15 is 0 Å². The van der Waals surface area contributed by atoms with Crippen LogP contribution in [-0.4, -0.2) is 36.6 Å². The number of aromatic nitrogens is 1. The van der Waals surface area contributed by atoms with E-state index in [2.05, 4.69) is 15.6 Å². The molecule has 0 aromatic carbocycles. The van der Waals surface area contributed by atoms with Crippen LogP contribution in [-0.2, 0) is 6.54 Å². The molecule has 118 valence electrons. The maximum absolute atomic E-state index is 11.9. The lowest BCUT2D eigenvalue weighted by atomic mass is 10.2. The molecule has 6 nitrogen and oxygen atoms in total. The van der Waals surface area contributed by atoms with Crippen LogP contribution in [0.3, 0.4) is 0 Å². The van der Waals surface area contributed by atoms with Gasteiger partial charge in [-0.05, 0) is 44.8 Å². The number of amides is 2. The van der Waals surface area contributed by atoms with Gasteiger partial charge in [-0.15, -0.1) is 0 Å². The number of hydrogen-bond acceptors (Lipinski definition) is 4. The summed E-state index contributed by atoms with van der Waals surface area (Å²) < 4.78 is 5.41. The van der Waals surface area contributed by atoms with Gasteiger partial charge in [0.25, 0.3) is 0 Å². The van der Waals surface area contributed by atoms with Crippen LogP contribution in [0.2, 0.25) is 0 Å². The molecule has 2 amide bonds. The molecule has 0 saturated carbocycles. The summed E-state index contributed by atoms with van der Waals surface area (Å²) in [4.78, 5) is 18.1. The van der Waals surface area contributed by atoms with E-state index in [9.17, 15) is 4.79 Å². The summed E-state index contributed by atoms with van der Waals surface area (Å²) in [6.45, 7) is 2.85. The minimum absolute atomic E-state index is 0.00166. The lowest BCUT2D eigenvalue weighted by Crippen LogP contribution is -2.40. The van der Waals surface area contributed by atoms with Crippen LogP contribution in [0.15, 0.2) is 41.1 Å². The van der Waals surface area contributed by atoms with Crippen molar-refractivity contribution < 1.29 is 9.21 Å². The Kier molecular flexibility index (Phi) is 5.55. The molecule has 0 unspecified atom stereocenters. The molecule has 2 aromatic heterocycles. The van der Waals surface area contributed by atoms with Gasteiger partial charge >= 0.3 is 6.03 Å². The van der Waals surface area contributed by atoms with Crippen LogP contribution in [0.25, 0.3) is 0 Å². The summed E-state index contributed by atoms with van der Waals surface area (Å²) in [6, 6.07) is 7.42. The first-order valence-corrected chi connectivity index (χ1v) is 7.19. The third-order valence-electron chi connectivity index (χ3n) is 3.38. The predicted octanol–water partition coefficient (Wildman–Crippen LogP) is 2.09. The van der Waals surface area contributed by atoms with Crippen molar-refractivity contribution in [2.75, 3.05) is 20.6 Å². The average Bonchev–Trinajstić information content (AvgIpc) is 3.00. The Balaban J connectivity index is 1.80. The van der Waals surface area contributed by atoms with Gasteiger partial charge in [0.2, 0.25) is 0 Å². The molecular weight excluding hydrogens is 280 g/mol. The Morgan fingerprint density at radius 1 is 1.32 bits per heavy atom. The zero-order valence-electron chi connectivity index (χ0n) is 13.2. The van der Waals surface area contributed by atoms with Gasteiger partial charge in [-0.25, -0.2) is 4.79 Å². The summed E-state index contributed by atoms with van der Waals surface area (Å²) >= 11 is 0. The van der Waals surface area contributed by atoms with Gasteiger partial charge in [0.1, 0.15) is 5.76 Å². The molecule has 0 aliphatic carbocycles. The van der Waals surface area contributed by atoms with E-state index in [0.717, 1.165) is 17.0 Å². The number of aryl methyl sites for hydroxylation is 1. The second-order valence-corrected chi connectivity index (χ2v) is 5.37. The van der Waals surface area contributed by atoms with Crippen molar-refractivity contribution in [1.29, 1.82) is 0 Å². The van der Waals surface area contributed by atoms with Gasteiger partial charge in [-0.3, -0.25) is 9.88 Å². The first-order chi connectivity index (χ1) is 10.6. The predicted molar refractivity (Wildman–Crippen MR) is 84.3 cm³/mol. The number of pyridine rings is 1. The second kappa shape index (κ2) is 7.61. The lowest BCUT2D eigenvalue weighted by Gasteiger charge is -2.22. The molecular formula is C16H22N4O2. The van der Waals surface area contributed by atoms with Crippen molar-refractivity contribution in [2.45, 2.75) is 19.5 Å². The van der Waals surface area contributed by atoms with E-state index in [0.29, 0.717) is 13.1 Å². The normalized spacial score (nSPS) is 12.2. The molecule has 0 aliphatic heterocycles. The van der Waals surface area contributed by atoms with E-state index in [1.165, 1.54) is 0 Å². The number of carbonyl (C=O) groups is 1. The number of carbonyl (C=O) groups excluding carboxylic acids is 1. The fourth-order valence-corrected chi connectivity index (χ4v) is 2.06. The highest BCUT2D eigenvalue weighted by molar-refractivity contribution is 5.73. The zero-order chi connectivity index (χ0) is 15.9. The molecule has 22 heavy (non-hydrogen) atoms. The average molecular weight is 302 g/mol. The monoisotopic (exact) mass is 302 g/mol. The first kappa shape index (κ1) is 16.0. The van der Waals surface area contributed by atoms with Gasteiger partial charge < -0.3 is 15.1 Å². The number of hydrogen-bond donors (Lipinski definition) is 2. The van der Waals surface area contributed by atoms with Crippen LogP contribution in [0.4, 0.5) is 4.79 Å². The molecule has 0 bridgehead atoms. The van der Waals surface area contributed by atoms with Crippen molar-refractivity contribution in [3.8, 4) is 0 Å². The Labute approximate surface area is 130 Å². The maximum atomic E-state index is 11.9. The van der Waals surface area contributed by atoms with Gasteiger partial charge in [0.15, 0.2) is 0 Å². The number of urea groups is 1. The molecule has 2 rings (SSSR count). The summed E-state index contributed by atoms with van der Waals surface area (Å²) in [6.07, 6.45) is 3.40. The third-order valence-corrected chi connectivity index (χ3v) is 3.38. The molecule has 0 saturated heterocycles. The van der Waals surface area contributed by atoms with Gasteiger partial charge in [0, 0.05) is 25.0 Å². The second-order valence-electron chi connectivity index (χ2n) is 5.37. The van der Waals surface area contributed by atoms with Crippen LogP contribution >= 0.6 is 0 Å². The van der Waals surface area contributed by atoms with E-state index in [-0.39, 0.29) is 12.1 Å². The Hall–Kier alpha value is -2.34. The standard InChI is InChI=1S/C16H22N4O2/c1-12-6-7-13(9-17-12)10-18-16(21)19-11-14(20(2)3)15-5-4-8-22-15/h4-9,14H,10-11H2,1-3H3,(H2,18,19,21)/t14-/m1/s1. The number of nitrogens with one attached hydrogen (secondary N) is 2. The highest BCUT2D eigenvalue weighted by Crippen LogP contribution is 2.17. The molecule has 0 radical (unpaired) electrons. The van der Waals surface area contributed by atoms with Crippen molar-refractivity contribution >= 4 is 6.03 Å². The fraction of sp³-hybridized carbons (Fsp3) is 0.375. The molecule has 2 N–H and O–H groups in total. The molecule has 0 fully saturated rings. The van der Waals surface area contributed by atoms with Gasteiger partial charge in [-0.1, -0.05) is 6.07 Å². The maximum Gasteiger partial charge on any atom is 0.315 e. The number of likely N-dealkylation sites (N-methyl/N-ethyl adjacent to an activating group) is 1. The van der Waals surface area contributed by atoms with Crippen molar-refractivity contribution in [3.63, 3.8) is 0 Å². The summed E-state index contributed by atoms with van der Waals surface area (Å²) in [5, 5.41) is 5.68. The highest BCUT2D eigenvalue weighted by Gasteiger charge is 2.17. The zero-order valence-corrected chi connectivity index (χ0v) is 13.2. The van der Waals surface area contributed by atoms with E-state index in [4.69, 9.17) is 4.42 Å². The molecule has 1 atom stereocenters. The summed E-state index contributed by atoms with van der Waals surface area (Å²) in [7, 11) is 3.90. The summed E-state index contributed by atoms with van der Waals surface area (Å²) in [5.74, 6) is 0.827. The van der Waals surface area contributed by atoms with E-state index < -0.39 is 0 Å². The van der Waals surface area contributed by atoms with E-state index in [1.54, 1.807) is 12.5 Å². The topological polar surface area (TPSA) is 70.4 Å². The largest absolute Gasteiger partial charge is 0.468 e. The molecule has 2 aromatic rings. The van der Waals surface area contributed by atoms with Crippen LogP contribution in [0.1, 0.15) is 23.1 Å². The minimum Gasteiger partial charge on any atom is -0.468 e. The first-order valence-electron chi connectivity index (χ1n) is 7.19. The summed E-state index contributed by atoms with van der Waals surface area (Å²) in [5.41, 5.74) is 1.93. The molecule has 0 aliphatic rings. The number of rotatable bonds is 6. The minimum atomic E-state index is -0.209. The Morgan fingerprint density at radius 2 is 2.14 bits per heavy atom. The van der Waals surface area contributed by atoms with Crippen molar-refractivity contribution in [1.82, 2.24) is 20.5 Å². The molecule has 0 spiro atoms. The Morgan fingerprint density at radius 3 is 2.73 bits per heavy atom.